The number of ether oxygens (including phenoxy) is 1. The van der Waals surface area contributed by atoms with Crippen LogP contribution in [0.1, 0.15) is 17.0 Å². The maximum atomic E-state index is 13.3. The third kappa shape index (κ3) is 6.13. The van der Waals surface area contributed by atoms with Crippen LogP contribution in [-0.2, 0) is 12.7 Å². The molecule has 3 aromatic rings. The van der Waals surface area contributed by atoms with E-state index in [1.807, 2.05) is 0 Å². The lowest BCUT2D eigenvalue weighted by Crippen LogP contribution is -2.29. The summed E-state index contributed by atoms with van der Waals surface area (Å²) in [7, 11) is 1.50. The number of carbonyl (C=O) groups is 1. The van der Waals surface area contributed by atoms with Crippen molar-refractivity contribution in [2.75, 3.05) is 30.9 Å². The van der Waals surface area contributed by atoms with E-state index in [9.17, 15) is 18.0 Å². The number of pyridine rings is 1. The summed E-state index contributed by atoms with van der Waals surface area (Å²) in [4.78, 5) is 16.3. The zero-order valence-electron chi connectivity index (χ0n) is 17.9. The van der Waals surface area contributed by atoms with Gasteiger partial charge in [-0.15, -0.1) is 0 Å². The normalized spacial score (nSPS) is 11.2. The molecule has 9 nitrogen and oxygen atoms in total. The molecule has 1 aromatic carbocycles. The van der Waals surface area contributed by atoms with Crippen molar-refractivity contribution in [3.8, 4) is 11.4 Å². The number of amides is 2. The molecule has 12 heteroatoms. The molecule has 2 aromatic heterocycles. The van der Waals surface area contributed by atoms with Crippen molar-refractivity contribution >= 4 is 17.5 Å². The molecule has 3 rings (SSSR count). The van der Waals surface area contributed by atoms with Crippen LogP contribution >= 0.6 is 0 Å². The monoisotopic (exact) mass is 464 g/mol. The number of nitrogens with zero attached hydrogens (tertiary/aromatic N) is 3. The quantitative estimate of drug-likeness (QED) is 0.407. The molecular formula is C21H23F3N6O3. The van der Waals surface area contributed by atoms with Crippen molar-refractivity contribution in [1.82, 2.24) is 20.1 Å². The summed E-state index contributed by atoms with van der Waals surface area (Å²) < 4.78 is 46.1. The Morgan fingerprint density at radius 2 is 2.00 bits per heavy atom. The molecule has 0 aliphatic carbocycles. The first-order valence-corrected chi connectivity index (χ1v) is 9.88. The number of benzene rings is 1. The number of carbonyl (C=O) groups excluding carboxylic acids is 1. The minimum atomic E-state index is -4.64. The van der Waals surface area contributed by atoms with Crippen LogP contribution in [0, 0.1) is 6.92 Å². The van der Waals surface area contributed by atoms with Gasteiger partial charge >= 0.3 is 12.2 Å². The van der Waals surface area contributed by atoms with Crippen LogP contribution in [-0.4, -0.2) is 46.2 Å². The van der Waals surface area contributed by atoms with Gasteiger partial charge in [-0.2, -0.15) is 18.3 Å². The molecule has 0 unspecified atom stereocenters. The molecular weight excluding hydrogens is 441 g/mol. The molecule has 0 bridgehead atoms. The molecule has 0 spiro atoms. The summed E-state index contributed by atoms with van der Waals surface area (Å²) in [6.45, 7) is 1.85. The first-order chi connectivity index (χ1) is 15.7. The number of methoxy groups -OCH3 is 1. The zero-order chi connectivity index (χ0) is 24.0. The number of rotatable bonds is 8. The first-order valence-electron chi connectivity index (χ1n) is 9.88. The van der Waals surface area contributed by atoms with E-state index in [2.05, 4.69) is 26.0 Å². The Morgan fingerprint density at radius 1 is 1.21 bits per heavy atom. The fourth-order valence-electron chi connectivity index (χ4n) is 3.00. The number of aliphatic hydroxyl groups is 1. The number of alkyl halides is 3. The highest BCUT2D eigenvalue weighted by Crippen LogP contribution is 2.30. The van der Waals surface area contributed by atoms with Crippen LogP contribution in [0.4, 0.5) is 29.5 Å². The van der Waals surface area contributed by atoms with Crippen LogP contribution < -0.4 is 20.7 Å². The zero-order valence-corrected chi connectivity index (χ0v) is 17.9. The largest absolute Gasteiger partial charge is 0.496 e. The molecule has 4 N–H and O–H groups in total. The maximum Gasteiger partial charge on any atom is 0.435 e. The van der Waals surface area contributed by atoms with Gasteiger partial charge in [-0.1, -0.05) is 0 Å². The Balaban J connectivity index is 1.73. The number of anilines is 2. The molecule has 0 saturated heterocycles. The number of hydrogen-bond acceptors (Lipinski definition) is 6. The molecule has 0 fully saturated rings. The highest BCUT2D eigenvalue weighted by atomic mass is 19.4. The molecule has 2 amide bonds. The van der Waals surface area contributed by atoms with Crippen molar-refractivity contribution in [2.45, 2.75) is 19.6 Å². The Kier molecular flexibility index (Phi) is 7.38. The summed E-state index contributed by atoms with van der Waals surface area (Å²) in [5.74, 6) is 1.11. The second kappa shape index (κ2) is 10.2. The topological polar surface area (TPSA) is 113 Å². The van der Waals surface area contributed by atoms with Gasteiger partial charge in [0.25, 0.3) is 0 Å². The molecule has 2 heterocycles. The van der Waals surface area contributed by atoms with Crippen LogP contribution in [0.25, 0.3) is 5.69 Å². The fraction of sp³-hybridized carbons (Fsp3) is 0.286. The van der Waals surface area contributed by atoms with Crippen LogP contribution in [0.5, 0.6) is 5.75 Å². The van der Waals surface area contributed by atoms with Crippen molar-refractivity contribution in [2.24, 2.45) is 0 Å². The number of nitrogens with one attached hydrogen (secondary N) is 3. The molecule has 0 saturated carbocycles. The van der Waals surface area contributed by atoms with Gasteiger partial charge in [0, 0.05) is 6.54 Å². The minimum absolute atomic E-state index is 0.0488. The number of aryl methyl sites for hydroxylation is 1. The van der Waals surface area contributed by atoms with E-state index < -0.39 is 17.9 Å². The van der Waals surface area contributed by atoms with E-state index in [1.54, 1.807) is 37.3 Å². The van der Waals surface area contributed by atoms with Crippen LogP contribution in [0.2, 0.25) is 0 Å². The first kappa shape index (κ1) is 23.9. The summed E-state index contributed by atoms with van der Waals surface area (Å²) in [5, 5.41) is 20.4. The van der Waals surface area contributed by atoms with Gasteiger partial charge in [-0.05, 0) is 48.9 Å². The van der Waals surface area contributed by atoms with Gasteiger partial charge in [0.05, 0.1) is 43.5 Å². The predicted octanol–water partition coefficient (Wildman–Crippen LogP) is 3.33. The molecule has 0 radical (unpaired) electrons. The smallest absolute Gasteiger partial charge is 0.435 e. The highest BCUT2D eigenvalue weighted by molar-refractivity contribution is 5.89. The predicted molar refractivity (Wildman–Crippen MR) is 116 cm³/mol. The van der Waals surface area contributed by atoms with Crippen molar-refractivity contribution in [3.05, 3.63) is 59.5 Å². The number of aliphatic hydroxyl groups excluding tert-OH is 1. The molecule has 0 aliphatic heterocycles. The Hall–Kier alpha value is -3.80. The van der Waals surface area contributed by atoms with Crippen LogP contribution in [0.15, 0.2) is 42.6 Å². The number of halogens is 3. The highest BCUT2D eigenvalue weighted by Gasteiger charge is 2.35. The van der Waals surface area contributed by atoms with E-state index >= 15 is 0 Å². The second-order valence-electron chi connectivity index (χ2n) is 6.97. The molecule has 176 valence electrons. The molecule has 0 aliphatic rings. The SMILES string of the molecule is COc1ccc(-n2nc(C(F)(F)F)cc2CNC(=O)Nc2ccc(NCCO)nc2)cc1C. The van der Waals surface area contributed by atoms with E-state index in [4.69, 9.17) is 9.84 Å². The molecule has 33 heavy (non-hydrogen) atoms. The lowest BCUT2D eigenvalue weighted by molar-refractivity contribution is -0.141. The second-order valence-corrected chi connectivity index (χ2v) is 6.97. The van der Waals surface area contributed by atoms with Gasteiger partial charge in [-0.3, -0.25) is 0 Å². The average Bonchev–Trinajstić information content (AvgIpc) is 3.22. The van der Waals surface area contributed by atoms with Crippen molar-refractivity contribution in [1.29, 1.82) is 0 Å². The lowest BCUT2D eigenvalue weighted by atomic mass is 10.2. The summed E-state index contributed by atoms with van der Waals surface area (Å²) in [5.41, 5.74) is 0.584. The third-order valence-corrected chi connectivity index (χ3v) is 4.57. The van der Waals surface area contributed by atoms with E-state index in [1.165, 1.54) is 13.3 Å². The van der Waals surface area contributed by atoms with Crippen molar-refractivity contribution < 1.29 is 27.8 Å². The van der Waals surface area contributed by atoms with Gasteiger partial charge in [0.2, 0.25) is 0 Å². The Labute approximate surface area is 187 Å². The van der Waals surface area contributed by atoms with E-state index in [0.717, 1.165) is 16.3 Å². The standard InChI is InChI=1S/C21H23F3N6O3/c1-13-9-15(4-5-17(13)33-2)30-16(10-18(29-30)21(22,23)24)12-27-20(32)28-14-3-6-19(26-11-14)25-7-8-31/h3-6,9-11,31H,7-8,12H2,1-2H3,(H,25,26)(H2,27,28,32). The molecule has 0 atom stereocenters. The van der Waals surface area contributed by atoms with Gasteiger partial charge in [0.1, 0.15) is 11.6 Å². The average molecular weight is 464 g/mol. The third-order valence-electron chi connectivity index (χ3n) is 4.57. The van der Waals surface area contributed by atoms with E-state index in [-0.39, 0.29) is 18.8 Å². The fourth-order valence-corrected chi connectivity index (χ4v) is 3.00. The van der Waals surface area contributed by atoms with E-state index in [0.29, 0.717) is 29.5 Å². The summed E-state index contributed by atoms with van der Waals surface area (Å²) in [6, 6.07) is 8.34. The Morgan fingerprint density at radius 3 is 2.61 bits per heavy atom. The summed E-state index contributed by atoms with van der Waals surface area (Å²) in [6.07, 6.45) is -3.23. The van der Waals surface area contributed by atoms with Crippen LogP contribution in [0.3, 0.4) is 0 Å². The van der Waals surface area contributed by atoms with Gasteiger partial charge < -0.3 is 25.8 Å². The summed E-state index contributed by atoms with van der Waals surface area (Å²) >= 11 is 0. The lowest BCUT2D eigenvalue weighted by Gasteiger charge is -2.12. The maximum absolute atomic E-state index is 13.3. The minimum Gasteiger partial charge on any atom is -0.496 e. The van der Waals surface area contributed by atoms with Gasteiger partial charge in [-0.25, -0.2) is 14.5 Å². The van der Waals surface area contributed by atoms with Crippen molar-refractivity contribution in [3.63, 3.8) is 0 Å². The number of aromatic nitrogens is 3. The number of urea groups is 1. The van der Waals surface area contributed by atoms with Gasteiger partial charge in [0.15, 0.2) is 5.69 Å². The Bertz CT molecular complexity index is 1100. The number of hydrogen-bond donors (Lipinski definition) is 4.